The molecule has 1 fully saturated rings. The van der Waals surface area contributed by atoms with Crippen LogP contribution in [0.5, 0.6) is 0 Å². The fourth-order valence-electron chi connectivity index (χ4n) is 3.33. The van der Waals surface area contributed by atoms with E-state index < -0.39 is 0 Å². The number of pyridine rings is 1. The third-order valence-corrected chi connectivity index (χ3v) is 4.74. The quantitative estimate of drug-likeness (QED) is 0.753. The Labute approximate surface area is 152 Å². The van der Waals surface area contributed by atoms with Gasteiger partial charge in [-0.15, -0.1) is 12.4 Å². The summed E-state index contributed by atoms with van der Waals surface area (Å²) in [5, 5.41) is 7.65. The van der Waals surface area contributed by atoms with Gasteiger partial charge in [-0.1, -0.05) is 18.2 Å². The molecule has 0 spiro atoms. The fourth-order valence-corrected chi connectivity index (χ4v) is 3.33. The van der Waals surface area contributed by atoms with Gasteiger partial charge in [-0.2, -0.15) is 0 Å². The van der Waals surface area contributed by atoms with Gasteiger partial charge in [0.2, 0.25) is 0 Å². The normalized spacial score (nSPS) is 16.2. The number of aromatic amines is 1. The summed E-state index contributed by atoms with van der Waals surface area (Å²) in [5.74, 6) is -0.258. The molecule has 1 aromatic carbocycles. The predicted molar refractivity (Wildman–Crippen MR) is 101 cm³/mol. The molecule has 1 aliphatic rings. The van der Waals surface area contributed by atoms with E-state index in [1.807, 2.05) is 18.2 Å². The van der Waals surface area contributed by atoms with Crippen molar-refractivity contribution in [3.63, 3.8) is 0 Å². The number of piperidine rings is 1. The van der Waals surface area contributed by atoms with Gasteiger partial charge in [-0.05, 0) is 43.5 Å². The van der Waals surface area contributed by atoms with Crippen LogP contribution in [0.15, 0.2) is 35.1 Å². The van der Waals surface area contributed by atoms with Crippen LogP contribution in [-0.2, 0) is 4.74 Å². The lowest BCUT2D eigenvalue weighted by Crippen LogP contribution is -2.47. The number of nitrogens with one attached hydrogen (secondary N) is 3. The molecule has 1 amide bonds. The molecule has 3 N–H and O–H groups in total. The van der Waals surface area contributed by atoms with Crippen molar-refractivity contribution in [2.75, 3.05) is 33.4 Å². The zero-order valence-electron chi connectivity index (χ0n) is 14.3. The number of aromatic nitrogens is 1. The molecule has 6 nitrogen and oxygen atoms in total. The number of amides is 1. The Kier molecular flexibility index (Phi) is 6.58. The molecule has 0 unspecified atom stereocenters. The Balaban J connectivity index is 0.00000225. The molecule has 1 aliphatic heterocycles. The molecule has 136 valence electrons. The second-order valence-corrected chi connectivity index (χ2v) is 6.47. The first-order valence-corrected chi connectivity index (χ1v) is 8.23. The highest BCUT2D eigenvalue weighted by Gasteiger charge is 2.32. The van der Waals surface area contributed by atoms with Crippen molar-refractivity contribution in [3.8, 4) is 0 Å². The van der Waals surface area contributed by atoms with Gasteiger partial charge in [0.25, 0.3) is 11.5 Å². The average Bonchev–Trinajstić information content (AvgIpc) is 2.61. The summed E-state index contributed by atoms with van der Waals surface area (Å²) in [6.45, 7) is 3.00. The second-order valence-electron chi connectivity index (χ2n) is 6.47. The van der Waals surface area contributed by atoms with Crippen molar-refractivity contribution >= 4 is 29.1 Å². The number of H-pyrrole nitrogens is 1. The van der Waals surface area contributed by atoms with Crippen LogP contribution in [0.3, 0.4) is 0 Å². The lowest BCUT2D eigenvalue weighted by atomic mass is 9.79. The maximum Gasteiger partial charge on any atom is 0.267 e. The van der Waals surface area contributed by atoms with Gasteiger partial charge in [0.05, 0.1) is 6.61 Å². The Morgan fingerprint density at radius 1 is 1.28 bits per heavy atom. The standard InChI is InChI=1S/C18H23N3O3.ClH/c1-24-12-18(6-8-19-9-7-18)11-20-17(23)15-10-13-4-2-3-5-14(13)16(22)21-15;/h2-5,10,19H,6-9,11-12H2,1H3,(H,20,23)(H,21,22);1H. The summed E-state index contributed by atoms with van der Waals surface area (Å²) >= 11 is 0. The highest BCUT2D eigenvalue weighted by Crippen LogP contribution is 2.28. The number of hydrogen-bond donors (Lipinski definition) is 3. The molecule has 0 aliphatic carbocycles. The predicted octanol–water partition coefficient (Wildman–Crippen LogP) is 1.70. The van der Waals surface area contributed by atoms with Crippen molar-refractivity contribution in [1.82, 2.24) is 15.6 Å². The van der Waals surface area contributed by atoms with E-state index in [4.69, 9.17) is 4.74 Å². The monoisotopic (exact) mass is 365 g/mol. The number of halogens is 1. The lowest BCUT2D eigenvalue weighted by Gasteiger charge is -2.37. The van der Waals surface area contributed by atoms with E-state index in [9.17, 15) is 9.59 Å². The van der Waals surface area contributed by atoms with E-state index in [1.165, 1.54) is 0 Å². The molecule has 2 aromatic rings. The van der Waals surface area contributed by atoms with Gasteiger partial charge in [0, 0.05) is 24.5 Å². The van der Waals surface area contributed by atoms with Gasteiger partial charge >= 0.3 is 0 Å². The molecule has 2 heterocycles. The van der Waals surface area contributed by atoms with Crippen LogP contribution >= 0.6 is 12.4 Å². The first-order chi connectivity index (χ1) is 11.6. The molecule has 7 heteroatoms. The number of ether oxygens (including phenoxy) is 1. The van der Waals surface area contributed by atoms with Crippen LogP contribution in [0.25, 0.3) is 10.8 Å². The molecule has 0 atom stereocenters. The summed E-state index contributed by atoms with van der Waals surface area (Å²) in [4.78, 5) is 27.3. The molecule has 1 aromatic heterocycles. The molecule has 25 heavy (non-hydrogen) atoms. The van der Waals surface area contributed by atoms with Crippen LogP contribution in [0.1, 0.15) is 23.3 Å². The number of hydrogen-bond acceptors (Lipinski definition) is 4. The lowest BCUT2D eigenvalue weighted by molar-refractivity contribution is 0.0510. The Hall–Kier alpha value is -1.89. The van der Waals surface area contributed by atoms with Crippen LogP contribution < -0.4 is 16.2 Å². The van der Waals surface area contributed by atoms with E-state index in [0.717, 1.165) is 31.3 Å². The van der Waals surface area contributed by atoms with Crippen LogP contribution in [0.4, 0.5) is 0 Å². The van der Waals surface area contributed by atoms with Crippen LogP contribution in [0.2, 0.25) is 0 Å². The summed E-state index contributed by atoms with van der Waals surface area (Å²) < 4.78 is 5.36. The number of benzene rings is 1. The molecule has 3 rings (SSSR count). The summed E-state index contributed by atoms with van der Waals surface area (Å²) in [6, 6.07) is 8.96. The first kappa shape index (κ1) is 19.4. The topological polar surface area (TPSA) is 83.2 Å². The minimum Gasteiger partial charge on any atom is -0.384 e. The smallest absolute Gasteiger partial charge is 0.267 e. The number of fused-ring (bicyclic) bond motifs is 1. The molecule has 0 saturated carbocycles. The van der Waals surface area contributed by atoms with E-state index in [2.05, 4.69) is 15.6 Å². The van der Waals surface area contributed by atoms with Gasteiger partial charge in [-0.25, -0.2) is 0 Å². The second kappa shape index (κ2) is 8.47. The Morgan fingerprint density at radius 2 is 2.00 bits per heavy atom. The Bertz CT molecular complexity index is 779. The van der Waals surface area contributed by atoms with Crippen molar-refractivity contribution in [1.29, 1.82) is 0 Å². The van der Waals surface area contributed by atoms with E-state index in [0.29, 0.717) is 24.2 Å². The molecule has 0 bridgehead atoms. The number of rotatable bonds is 5. The zero-order chi connectivity index (χ0) is 17.0. The summed E-state index contributed by atoms with van der Waals surface area (Å²) in [7, 11) is 1.69. The largest absolute Gasteiger partial charge is 0.384 e. The van der Waals surface area contributed by atoms with Crippen molar-refractivity contribution in [2.24, 2.45) is 5.41 Å². The molecule has 1 saturated heterocycles. The van der Waals surface area contributed by atoms with Gasteiger partial charge in [0.15, 0.2) is 0 Å². The summed E-state index contributed by atoms with van der Waals surface area (Å²) in [6.07, 6.45) is 1.91. The molecule has 0 radical (unpaired) electrons. The number of carbonyl (C=O) groups excluding carboxylic acids is 1. The zero-order valence-corrected chi connectivity index (χ0v) is 15.1. The number of carbonyl (C=O) groups is 1. The highest BCUT2D eigenvalue weighted by molar-refractivity contribution is 5.96. The van der Waals surface area contributed by atoms with Crippen molar-refractivity contribution in [3.05, 3.63) is 46.4 Å². The van der Waals surface area contributed by atoms with Gasteiger partial charge in [0.1, 0.15) is 5.69 Å². The first-order valence-electron chi connectivity index (χ1n) is 8.23. The van der Waals surface area contributed by atoms with Gasteiger partial charge in [-0.3, -0.25) is 9.59 Å². The van der Waals surface area contributed by atoms with E-state index in [1.54, 1.807) is 19.2 Å². The maximum atomic E-state index is 12.5. The molecular weight excluding hydrogens is 342 g/mol. The van der Waals surface area contributed by atoms with Gasteiger partial charge < -0.3 is 20.4 Å². The fraction of sp³-hybridized carbons (Fsp3) is 0.444. The number of methoxy groups -OCH3 is 1. The molecular formula is C18H24ClN3O3. The highest BCUT2D eigenvalue weighted by atomic mass is 35.5. The van der Waals surface area contributed by atoms with E-state index >= 15 is 0 Å². The Morgan fingerprint density at radius 3 is 2.72 bits per heavy atom. The van der Waals surface area contributed by atoms with Crippen LogP contribution in [-0.4, -0.2) is 44.2 Å². The minimum atomic E-state index is -0.258. The SMILES string of the molecule is COCC1(CNC(=O)c2cc3ccccc3c(=O)[nH]2)CCNCC1.Cl. The summed E-state index contributed by atoms with van der Waals surface area (Å²) in [5.41, 5.74) is -0.000730. The maximum absolute atomic E-state index is 12.5. The van der Waals surface area contributed by atoms with Crippen molar-refractivity contribution < 1.29 is 9.53 Å². The van der Waals surface area contributed by atoms with E-state index in [-0.39, 0.29) is 29.3 Å². The minimum absolute atomic E-state index is 0. The third kappa shape index (κ3) is 4.39. The van der Waals surface area contributed by atoms with Crippen molar-refractivity contribution in [2.45, 2.75) is 12.8 Å². The third-order valence-electron chi connectivity index (χ3n) is 4.74. The average molecular weight is 366 g/mol. The van der Waals surface area contributed by atoms with Crippen LogP contribution in [0, 0.1) is 5.41 Å².